The van der Waals surface area contributed by atoms with Crippen LogP contribution in [0.25, 0.3) is 11.2 Å². The number of alkyl halides is 2. The molecule has 4 N–H and O–H groups in total. The molecule has 0 bridgehead atoms. The van der Waals surface area contributed by atoms with Gasteiger partial charge in [-0.25, -0.2) is 27.5 Å². The van der Waals surface area contributed by atoms with Crippen molar-refractivity contribution >= 4 is 34.7 Å². The summed E-state index contributed by atoms with van der Waals surface area (Å²) in [7, 11) is 0. The van der Waals surface area contributed by atoms with Gasteiger partial charge in [0.25, 0.3) is 5.92 Å². The number of nitrogens with two attached hydrogens (primary N) is 1. The predicted molar refractivity (Wildman–Crippen MR) is 121 cm³/mol. The Hall–Kier alpha value is -3.95. The molecule has 0 atom stereocenters. The Morgan fingerprint density at radius 2 is 1.81 bits per heavy atom. The summed E-state index contributed by atoms with van der Waals surface area (Å²) in [5.41, 5.74) is 5.47. The third kappa shape index (κ3) is 4.50. The molecule has 2 heterocycles. The molecule has 36 heavy (non-hydrogen) atoms. The highest BCUT2D eigenvalue weighted by molar-refractivity contribution is 5.78. The zero-order valence-corrected chi connectivity index (χ0v) is 18.9. The number of halogens is 4. The second-order valence-electron chi connectivity index (χ2n) is 9.27. The van der Waals surface area contributed by atoms with Crippen molar-refractivity contribution in [1.29, 1.82) is 5.26 Å². The summed E-state index contributed by atoms with van der Waals surface area (Å²) in [5.74, 6) is -5.07. The Labute approximate surface area is 202 Å². The molecule has 2 aromatic heterocycles. The molecule has 0 aliphatic heterocycles. The van der Waals surface area contributed by atoms with Gasteiger partial charge in [-0.2, -0.15) is 10.2 Å². The number of fused-ring (bicyclic) bond motifs is 1. The Bertz CT molecular complexity index is 1350. The van der Waals surface area contributed by atoms with Gasteiger partial charge in [-0.3, -0.25) is 9.36 Å². The van der Waals surface area contributed by atoms with Crippen molar-refractivity contribution in [3.8, 4) is 6.07 Å². The molecule has 3 aromatic rings. The van der Waals surface area contributed by atoms with Gasteiger partial charge in [0.1, 0.15) is 11.2 Å². The van der Waals surface area contributed by atoms with E-state index in [1.165, 1.54) is 6.20 Å². The molecule has 0 spiro atoms. The summed E-state index contributed by atoms with van der Waals surface area (Å²) in [6, 6.07) is 2.81. The topological polar surface area (TPSA) is 135 Å². The van der Waals surface area contributed by atoms with Crippen LogP contribution in [-0.2, 0) is 4.79 Å². The van der Waals surface area contributed by atoms with Gasteiger partial charge in [-0.15, -0.1) is 0 Å². The highest BCUT2D eigenvalue weighted by Crippen LogP contribution is 2.40. The monoisotopic (exact) mass is 502 g/mol. The number of amides is 1. The summed E-state index contributed by atoms with van der Waals surface area (Å²) in [5, 5.41) is 14.5. The number of benzene rings is 1. The first-order chi connectivity index (χ1) is 17.1. The maximum Gasteiger partial charge on any atom is 0.252 e. The van der Waals surface area contributed by atoms with Gasteiger partial charge in [0, 0.05) is 30.8 Å². The molecule has 5 rings (SSSR count). The Morgan fingerprint density at radius 3 is 2.39 bits per heavy atom. The average molecular weight is 502 g/mol. The van der Waals surface area contributed by atoms with Gasteiger partial charge in [0.05, 0.1) is 17.8 Å². The van der Waals surface area contributed by atoms with Crippen LogP contribution in [0.3, 0.4) is 0 Å². The lowest BCUT2D eigenvalue weighted by Crippen LogP contribution is -2.44. The first kappa shape index (κ1) is 23.8. The SMILES string of the molecule is N#Cc1cc(F)c(Nc2nc3cnc(NC4CC(F)(F)C4)nc3n2C2CCC(C(N)=O)CC2)c(F)c1. The van der Waals surface area contributed by atoms with Crippen LogP contribution in [-0.4, -0.2) is 37.4 Å². The zero-order valence-electron chi connectivity index (χ0n) is 18.9. The summed E-state index contributed by atoms with van der Waals surface area (Å²) in [4.78, 5) is 24.7. The quantitative estimate of drug-likeness (QED) is 0.431. The van der Waals surface area contributed by atoms with E-state index in [4.69, 9.17) is 11.0 Å². The van der Waals surface area contributed by atoms with E-state index in [9.17, 15) is 22.4 Å². The Morgan fingerprint density at radius 1 is 1.14 bits per heavy atom. The number of carbonyl (C=O) groups excluding carboxylic acids is 1. The van der Waals surface area contributed by atoms with Crippen LogP contribution in [0.4, 0.5) is 35.1 Å². The molecule has 2 aliphatic rings. The maximum atomic E-state index is 14.6. The Balaban J connectivity index is 1.52. The van der Waals surface area contributed by atoms with E-state index in [1.807, 2.05) is 0 Å². The van der Waals surface area contributed by atoms with E-state index < -0.39 is 29.3 Å². The number of aromatic nitrogens is 4. The number of imidazole rings is 1. The lowest BCUT2D eigenvalue weighted by molar-refractivity contribution is -0.122. The fraction of sp³-hybridized carbons (Fsp3) is 0.435. The molecule has 13 heteroatoms. The van der Waals surface area contributed by atoms with Gasteiger partial charge in [0.2, 0.25) is 17.8 Å². The molecular weight excluding hydrogens is 480 g/mol. The van der Waals surface area contributed by atoms with Crippen LogP contribution in [0.1, 0.15) is 50.1 Å². The molecule has 2 saturated carbocycles. The molecule has 2 fully saturated rings. The van der Waals surface area contributed by atoms with Crippen molar-refractivity contribution in [1.82, 2.24) is 19.5 Å². The van der Waals surface area contributed by atoms with Crippen LogP contribution in [0.2, 0.25) is 0 Å². The predicted octanol–water partition coefficient (Wildman–Crippen LogP) is 4.15. The van der Waals surface area contributed by atoms with Gasteiger partial charge in [0.15, 0.2) is 17.3 Å². The van der Waals surface area contributed by atoms with Crippen LogP contribution < -0.4 is 16.4 Å². The number of hydrogen-bond acceptors (Lipinski definition) is 7. The van der Waals surface area contributed by atoms with E-state index in [-0.39, 0.29) is 48.2 Å². The first-order valence-corrected chi connectivity index (χ1v) is 11.5. The molecular formula is C23H22F4N8O. The number of rotatable bonds is 6. The normalized spacial score (nSPS) is 21.5. The number of nitrogens with one attached hydrogen (secondary N) is 2. The van der Waals surface area contributed by atoms with E-state index in [1.54, 1.807) is 10.6 Å². The van der Waals surface area contributed by atoms with E-state index in [0.29, 0.717) is 36.8 Å². The molecule has 9 nitrogen and oxygen atoms in total. The van der Waals surface area contributed by atoms with E-state index in [0.717, 1.165) is 12.1 Å². The third-order valence-corrected chi connectivity index (χ3v) is 6.73. The number of anilines is 3. The summed E-state index contributed by atoms with van der Waals surface area (Å²) in [6.07, 6.45) is 2.87. The second-order valence-corrected chi connectivity index (χ2v) is 9.27. The maximum absolute atomic E-state index is 14.6. The van der Waals surface area contributed by atoms with Crippen LogP contribution in [0.5, 0.6) is 0 Å². The molecule has 1 amide bonds. The van der Waals surface area contributed by atoms with Crippen molar-refractivity contribution in [2.45, 2.75) is 56.5 Å². The first-order valence-electron chi connectivity index (χ1n) is 11.5. The lowest BCUT2D eigenvalue weighted by Gasteiger charge is -2.35. The molecule has 0 saturated heterocycles. The molecule has 1 aromatic carbocycles. The standard InChI is InChI=1S/C23H22F4N8O/c24-15-5-11(9-28)6-16(25)18(15)33-22-32-17-10-30-21(31-13-7-23(26,27)8-13)34-20(17)35(22)14-3-1-12(2-4-14)19(29)36/h5-6,10,12-14H,1-4,7-8H2,(H2,29,36)(H,32,33)(H,30,31,34). The van der Waals surface area contributed by atoms with Gasteiger partial charge in [-0.05, 0) is 37.8 Å². The fourth-order valence-electron chi connectivity index (χ4n) is 4.83. The minimum absolute atomic E-state index is 0.0941. The summed E-state index contributed by atoms with van der Waals surface area (Å²) < 4.78 is 57.4. The van der Waals surface area contributed by atoms with Crippen molar-refractivity contribution in [2.75, 3.05) is 10.6 Å². The fourth-order valence-corrected chi connectivity index (χ4v) is 4.83. The lowest BCUT2D eigenvalue weighted by atomic mass is 9.85. The van der Waals surface area contributed by atoms with Crippen LogP contribution in [0, 0.1) is 28.9 Å². The number of nitrogens with zero attached hydrogens (tertiary/aromatic N) is 5. The highest BCUT2D eigenvalue weighted by atomic mass is 19.3. The second kappa shape index (κ2) is 8.92. The highest BCUT2D eigenvalue weighted by Gasteiger charge is 2.45. The number of hydrogen-bond donors (Lipinski definition) is 3. The van der Waals surface area contributed by atoms with Crippen molar-refractivity contribution in [3.05, 3.63) is 35.5 Å². The van der Waals surface area contributed by atoms with Gasteiger partial charge < -0.3 is 16.4 Å². The minimum atomic E-state index is -2.71. The smallest absolute Gasteiger partial charge is 0.252 e. The third-order valence-electron chi connectivity index (χ3n) is 6.73. The molecule has 0 unspecified atom stereocenters. The van der Waals surface area contributed by atoms with Gasteiger partial charge in [-0.1, -0.05) is 0 Å². The molecule has 188 valence electrons. The van der Waals surface area contributed by atoms with E-state index >= 15 is 0 Å². The number of carbonyl (C=O) groups is 1. The number of primary amides is 1. The molecule has 2 aliphatic carbocycles. The van der Waals surface area contributed by atoms with E-state index in [2.05, 4.69) is 25.6 Å². The van der Waals surface area contributed by atoms with Gasteiger partial charge >= 0.3 is 0 Å². The van der Waals surface area contributed by atoms with Crippen molar-refractivity contribution < 1.29 is 22.4 Å². The molecule has 0 radical (unpaired) electrons. The number of nitriles is 1. The van der Waals surface area contributed by atoms with Crippen LogP contribution in [0.15, 0.2) is 18.3 Å². The largest absolute Gasteiger partial charge is 0.369 e. The zero-order chi connectivity index (χ0) is 25.6. The summed E-state index contributed by atoms with van der Waals surface area (Å²) in [6.45, 7) is 0. The van der Waals surface area contributed by atoms with Crippen molar-refractivity contribution in [3.63, 3.8) is 0 Å². The van der Waals surface area contributed by atoms with Crippen LogP contribution >= 0.6 is 0 Å². The Kier molecular flexibility index (Phi) is 5.89. The summed E-state index contributed by atoms with van der Waals surface area (Å²) >= 11 is 0. The average Bonchev–Trinajstić information content (AvgIpc) is 3.17. The van der Waals surface area contributed by atoms with Crippen molar-refractivity contribution in [2.24, 2.45) is 11.7 Å². The minimum Gasteiger partial charge on any atom is -0.369 e.